The molecule has 1 heterocycles. The molecule has 0 bridgehead atoms. The fourth-order valence-electron chi connectivity index (χ4n) is 5.98. The summed E-state index contributed by atoms with van der Waals surface area (Å²) in [5.74, 6) is -5.04. The third kappa shape index (κ3) is 20.3. The van der Waals surface area contributed by atoms with E-state index in [0.29, 0.717) is 58.7 Å². The van der Waals surface area contributed by atoms with Crippen molar-refractivity contribution in [2.75, 3.05) is 41.2 Å². The van der Waals surface area contributed by atoms with Crippen molar-refractivity contribution in [3.8, 4) is 40.0 Å². The number of amides is 2. The molecule has 2 amide bonds. The number of nitrogens with zero attached hydrogens (tertiary/aromatic N) is 1. The predicted molar refractivity (Wildman–Crippen MR) is 287 cm³/mol. The maximum Gasteiger partial charge on any atom is 0.341 e. The Morgan fingerprint density at radius 1 is 0.615 bits per heavy atom. The zero-order valence-corrected chi connectivity index (χ0v) is 46.8. The van der Waals surface area contributed by atoms with Gasteiger partial charge < -0.3 is 60.3 Å². The van der Waals surface area contributed by atoms with E-state index < -0.39 is 66.1 Å². The van der Waals surface area contributed by atoms with Crippen LogP contribution in [0.15, 0.2) is 117 Å². The number of benzene rings is 5. The Bertz CT molecular complexity index is 3170. The highest BCUT2D eigenvalue weighted by Gasteiger charge is 2.28. The number of aromatic hydroxyl groups is 1. The van der Waals surface area contributed by atoms with E-state index in [1.807, 2.05) is 0 Å². The number of carbonyl (C=O) groups excluding carboxylic acids is 5. The van der Waals surface area contributed by atoms with E-state index >= 15 is 0 Å². The molecule has 0 aliphatic rings. The average molecular weight is 1300 g/mol. The quantitative estimate of drug-likeness (QED) is 0.0325. The van der Waals surface area contributed by atoms with E-state index in [1.54, 1.807) is 19.1 Å². The molecule has 0 fully saturated rings. The molecule has 414 valence electrons. The van der Waals surface area contributed by atoms with Crippen LogP contribution in [0.25, 0.3) is 11.3 Å². The number of hydrogen-bond acceptors (Lipinski definition) is 16. The van der Waals surface area contributed by atoms with Gasteiger partial charge in [0.2, 0.25) is 0 Å². The molecule has 6 aromatic rings. The molecular formula is C52H47Br3ClF2N3O17. The van der Waals surface area contributed by atoms with Crippen LogP contribution in [0, 0.1) is 11.6 Å². The molecule has 0 spiro atoms. The number of Topliss-reactive ketones (excluding diaryl/α,β-unsaturated/α-hetero) is 1. The molecule has 1 aromatic heterocycles. The van der Waals surface area contributed by atoms with Gasteiger partial charge in [0.15, 0.2) is 37.2 Å². The summed E-state index contributed by atoms with van der Waals surface area (Å²) in [5.41, 5.74) is 10.4. The number of phenolic OH excluding ortho intramolecular Hbond substituents is 1. The number of halogens is 6. The third-order valence-corrected chi connectivity index (χ3v) is 12.1. The maximum absolute atomic E-state index is 13.6. The molecule has 0 aliphatic carbocycles. The van der Waals surface area contributed by atoms with Crippen LogP contribution in [0.3, 0.4) is 0 Å². The molecule has 8 N–H and O–H groups in total. The fraction of sp³-hybridized carbons (Fsp3) is 0.192. The Kier molecular flexibility index (Phi) is 25.6. The summed E-state index contributed by atoms with van der Waals surface area (Å²) in [7, 11) is 3.97. The Morgan fingerprint density at radius 2 is 1.10 bits per heavy atom. The second-order valence-electron chi connectivity index (χ2n) is 15.7. The van der Waals surface area contributed by atoms with Crippen LogP contribution >= 0.6 is 59.4 Å². The standard InChI is InChI=1S/C25H22BrClFNO6.C10H10FNO4.C9H8BrNO4.C8H7BrO3/c1-25(33,10-9-19(30)14-4-6-20(16(26)11-14)35-13-23(31)32)22-8-7-21(34-2)24(29-22)15-3-5-18(28)17(27)12-15;1-15-10(14)6-2-3-8(7(11)4-6)16-5-9(12)13;10-6-3-5(9(13)14)1-2-7(6)15-4-8(11)12;1-12-8(11)5-2-3-7(10)6(9)4-5/h3-8,11-12,33H,9-10,13H2,1-2H3,(H,31,32);2-4H,5H2,1H3,(H2,12,13);1-3H,4H2,(H2,11,12)(H,13,14);2-4,10H,1H3. The Morgan fingerprint density at radius 3 is 1.60 bits per heavy atom. The topological polar surface area (TPSA) is 321 Å². The normalized spacial score (nSPS) is 11.0. The van der Waals surface area contributed by atoms with Gasteiger partial charge in [0, 0.05) is 17.5 Å². The van der Waals surface area contributed by atoms with E-state index in [0.717, 1.165) is 6.07 Å². The maximum atomic E-state index is 13.6. The zero-order valence-electron chi connectivity index (χ0n) is 41.3. The molecule has 20 nitrogen and oxygen atoms in total. The second-order valence-corrected chi connectivity index (χ2v) is 18.6. The Labute approximate surface area is 473 Å². The first-order valence-electron chi connectivity index (χ1n) is 21.9. The van der Waals surface area contributed by atoms with Crippen LogP contribution in [-0.2, 0) is 29.5 Å². The number of ether oxygens (including phenoxy) is 6. The average Bonchev–Trinajstić information content (AvgIpc) is 3.40. The number of ketones is 1. The fourth-order valence-corrected chi connectivity index (χ4v) is 7.53. The van der Waals surface area contributed by atoms with Crippen molar-refractivity contribution < 1.29 is 91.2 Å². The van der Waals surface area contributed by atoms with Gasteiger partial charge in [-0.25, -0.2) is 32.9 Å². The molecule has 26 heteroatoms. The number of aromatic carboxylic acids is 1. The number of carbonyl (C=O) groups is 7. The van der Waals surface area contributed by atoms with Crippen molar-refractivity contribution in [2.24, 2.45) is 11.5 Å². The molecule has 0 saturated heterocycles. The van der Waals surface area contributed by atoms with E-state index in [1.165, 1.54) is 106 Å². The smallest absolute Gasteiger partial charge is 0.341 e. The molecular weight excluding hydrogens is 1250 g/mol. The molecule has 6 rings (SSSR count). The summed E-state index contributed by atoms with van der Waals surface area (Å²) < 4.78 is 57.5. The van der Waals surface area contributed by atoms with Crippen molar-refractivity contribution in [2.45, 2.75) is 25.4 Å². The number of hydrogen-bond donors (Lipinski definition) is 6. The Balaban J connectivity index is 0.000000308. The first-order chi connectivity index (χ1) is 36.7. The lowest BCUT2D eigenvalue weighted by atomic mass is 9.92. The van der Waals surface area contributed by atoms with Gasteiger partial charge in [-0.05, 0) is 164 Å². The van der Waals surface area contributed by atoms with Crippen molar-refractivity contribution in [1.29, 1.82) is 0 Å². The lowest BCUT2D eigenvalue weighted by Crippen LogP contribution is -2.24. The summed E-state index contributed by atoms with van der Waals surface area (Å²) in [6, 6.07) is 24.1. The highest BCUT2D eigenvalue weighted by Crippen LogP contribution is 2.35. The van der Waals surface area contributed by atoms with Crippen LogP contribution in [0.2, 0.25) is 5.02 Å². The van der Waals surface area contributed by atoms with Gasteiger partial charge >= 0.3 is 23.9 Å². The van der Waals surface area contributed by atoms with Gasteiger partial charge in [-0.2, -0.15) is 0 Å². The number of methoxy groups -OCH3 is 3. The van der Waals surface area contributed by atoms with Crippen molar-refractivity contribution in [3.63, 3.8) is 0 Å². The number of pyridine rings is 1. The SMILES string of the molecule is COC(=O)c1ccc(O)c(Br)c1.COC(=O)c1ccc(OCC(N)=O)c(F)c1.COc1ccc(C(C)(O)CCC(=O)c2ccc(OCC(=O)O)c(Br)c2)nc1-c1ccc(F)c(Cl)c1.NC(=O)COc1ccc(C(=O)O)cc1Br. The van der Waals surface area contributed by atoms with Crippen LogP contribution in [0.5, 0.6) is 28.7 Å². The van der Waals surface area contributed by atoms with Gasteiger partial charge in [-0.15, -0.1) is 0 Å². The highest BCUT2D eigenvalue weighted by atomic mass is 79.9. The molecule has 78 heavy (non-hydrogen) atoms. The van der Waals surface area contributed by atoms with Gasteiger partial charge in [-0.3, -0.25) is 14.4 Å². The van der Waals surface area contributed by atoms with Crippen molar-refractivity contribution >= 4 is 101 Å². The van der Waals surface area contributed by atoms with Crippen LogP contribution < -0.4 is 30.4 Å². The number of rotatable bonds is 19. The first-order valence-corrected chi connectivity index (χ1v) is 24.7. The molecule has 1 unspecified atom stereocenters. The summed E-state index contributed by atoms with van der Waals surface area (Å²) in [4.78, 5) is 81.4. The van der Waals surface area contributed by atoms with Gasteiger partial charge in [0.25, 0.3) is 11.8 Å². The van der Waals surface area contributed by atoms with Crippen LogP contribution in [0.1, 0.15) is 66.9 Å². The van der Waals surface area contributed by atoms with Gasteiger partial charge in [0.1, 0.15) is 40.1 Å². The minimum atomic E-state index is -1.46. The zero-order chi connectivity index (χ0) is 58.4. The summed E-state index contributed by atoms with van der Waals surface area (Å²) in [5, 5.41) is 37.6. The minimum absolute atomic E-state index is 0.0141. The predicted octanol–water partition coefficient (Wildman–Crippen LogP) is 9.08. The lowest BCUT2D eigenvalue weighted by Gasteiger charge is -2.24. The number of phenols is 1. The largest absolute Gasteiger partial charge is 0.507 e. The first kappa shape index (κ1) is 64.6. The van der Waals surface area contributed by atoms with Crippen LogP contribution in [0.4, 0.5) is 8.78 Å². The molecule has 5 aromatic carbocycles. The monoisotopic (exact) mass is 1300 g/mol. The number of esters is 2. The number of primary amides is 2. The van der Waals surface area contributed by atoms with E-state index in [2.05, 4.69) is 62.2 Å². The molecule has 0 radical (unpaired) electrons. The number of aliphatic carboxylic acids is 1. The minimum Gasteiger partial charge on any atom is -0.507 e. The van der Waals surface area contributed by atoms with Crippen molar-refractivity contribution in [3.05, 3.63) is 161 Å². The number of aliphatic hydroxyl groups is 1. The summed E-state index contributed by atoms with van der Waals surface area (Å²) in [6.45, 7) is 0.379. The summed E-state index contributed by atoms with van der Waals surface area (Å²) in [6.07, 6.45) is 0.0872. The van der Waals surface area contributed by atoms with E-state index in [4.69, 9.17) is 57.3 Å². The Hall–Kier alpha value is -7.71. The highest BCUT2D eigenvalue weighted by molar-refractivity contribution is 9.11. The number of carboxylic acid groups (broad SMARTS) is 2. The summed E-state index contributed by atoms with van der Waals surface area (Å²) >= 11 is 15.4. The number of aromatic nitrogens is 1. The number of carboxylic acids is 2. The molecule has 0 aliphatic heterocycles. The van der Waals surface area contributed by atoms with Gasteiger partial charge in [0.05, 0.1) is 62.2 Å². The van der Waals surface area contributed by atoms with Crippen molar-refractivity contribution in [1.82, 2.24) is 4.98 Å². The second kappa shape index (κ2) is 30.9. The van der Waals surface area contributed by atoms with E-state index in [9.17, 15) is 47.4 Å². The third-order valence-electron chi connectivity index (χ3n) is 9.91. The lowest BCUT2D eigenvalue weighted by molar-refractivity contribution is -0.139. The number of nitrogens with two attached hydrogens (primary N) is 2. The van der Waals surface area contributed by atoms with E-state index in [-0.39, 0.29) is 52.9 Å². The molecule has 0 saturated carbocycles. The van der Waals surface area contributed by atoms with Gasteiger partial charge in [-0.1, -0.05) is 11.6 Å². The molecule has 1 atom stereocenters. The van der Waals surface area contributed by atoms with Crippen LogP contribution in [-0.4, -0.2) is 108 Å².